The summed E-state index contributed by atoms with van der Waals surface area (Å²) >= 11 is 1.80. The quantitative estimate of drug-likeness (QED) is 0.146. The molecule has 5 nitrogen and oxygen atoms in total. The van der Waals surface area contributed by atoms with E-state index in [0.717, 1.165) is 67.5 Å². The van der Waals surface area contributed by atoms with Gasteiger partial charge in [-0.15, -0.1) is 0 Å². The summed E-state index contributed by atoms with van der Waals surface area (Å²) in [4.78, 5) is 25.2. The standard InChI is InChI=1S/C52H37N5S/c1-5-17-36(18-6-1)40-29-31-43(37-19-7-2-8-20-37)44(34-40)42-33-41(52(53-35-42)57-45-25-13-15-27-47(45)58-48-28-16-14-26-46(48)57)30-32-49-54-50(38-21-9-3-10-22-38)56-51(55-49)39-23-11-4-12-24-39/h1-29,31,33-35H,30,32H2. The van der Waals surface area contributed by atoms with E-state index in [-0.39, 0.29) is 0 Å². The van der Waals surface area contributed by atoms with E-state index in [0.29, 0.717) is 24.5 Å². The van der Waals surface area contributed by atoms with Gasteiger partial charge in [-0.05, 0) is 76.2 Å². The molecule has 0 spiro atoms. The van der Waals surface area contributed by atoms with E-state index < -0.39 is 0 Å². The number of anilines is 3. The molecule has 9 aromatic rings. The Balaban J connectivity index is 1.14. The lowest BCUT2D eigenvalue weighted by Crippen LogP contribution is -2.18. The number of pyridine rings is 1. The van der Waals surface area contributed by atoms with Gasteiger partial charge in [-0.3, -0.25) is 4.90 Å². The maximum atomic E-state index is 5.42. The molecule has 276 valence electrons. The number of nitrogens with zero attached hydrogens (tertiary/aromatic N) is 5. The smallest absolute Gasteiger partial charge is 0.163 e. The maximum absolute atomic E-state index is 5.42. The molecule has 0 amide bonds. The lowest BCUT2D eigenvalue weighted by Gasteiger charge is -2.33. The van der Waals surface area contributed by atoms with Crippen molar-refractivity contribution in [2.24, 2.45) is 0 Å². The van der Waals surface area contributed by atoms with Gasteiger partial charge in [0.25, 0.3) is 0 Å². The lowest BCUT2D eigenvalue weighted by atomic mass is 9.91. The number of rotatable bonds is 9. The normalized spacial score (nSPS) is 11.8. The van der Waals surface area contributed by atoms with Crippen molar-refractivity contribution in [1.82, 2.24) is 19.9 Å². The van der Waals surface area contributed by atoms with Crippen LogP contribution in [0.25, 0.3) is 56.2 Å². The Morgan fingerprint density at radius 2 is 0.914 bits per heavy atom. The molecule has 0 saturated carbocycles. The predicted molar refractivity (Wildman–Crippen MR) is 237 cm³/mol. The van der Waals surface area contributed by atoms with Gasteiger partial charge < -0.3 is 0 Å². The first kappa shape index (κ1) is 35.3. The van der Waals surface area contributed by atoms with Crippen molar-refractivity contribution < 1.29 is 0 Å². The minimum atomic E-state index is 0.585. The molecule has 0 saturated heterocycles. The first-order valence-electron chi connectivity index (χ1n) is 19.5. The van der Waals surface area contributed by atoms with Gasteiger partial charge in [-0.25, -0.2) is 19.9 Å². The monoisotopic (exact) mass is 763 g/mol. The van der Waals surface area contributed by atoms with Crippen LogP contribution < -0.4 is 4.90 Å². The van der Waals surface area contributed by atoms with Crippen molar-refractivity contribution in [3.8, 4) is 56.2 Å². The minimum absolute atomic E-state index is 0.585. The highest BCUT2D eigenvalue weighted by Gasteiger charge is 2.28. The Morgan fingerprint density at radius 3 is 1.50 bits per heavy atom. The van der Waals surface area contributed by atoms with Crippen LogP contribution in [0.3, 0.4) is 0 Å². The van der Waals surface area contributed by atoms with Gasteiger partial charge in [-0.2, -0.15) is 0 Å². The SMILES string of the molecule is c1ccc(-c2ccc(-c3ccccc3)c(-c3cnc(N4c5ccccc5Sc5ccccc54)c(CCc4nc(-c5ccccc5)nc(-c5ccccc5)n4)c3)c2)cc1. The van der Waals surface area contributed by atoms with Gasteiger partial charge >= 0.3 is 0 Å². The van der Waals surface area contributed by atoms with Gasteiger partial charge in [-0.1, -0.05) is 169 Å². The highest BCUT2D eigenvalue weighted by molar-refractivity contribution is 7.99. The lowest BCUT2D eigenvalue weighted by molar-refractivity contribution is 0.839. The molecule has 1 aliphatic rings. The van der Waals surface area contributed by atoms with Crippen molar-refractivity contribution in [2.75, 3.05) is 4.90 Å². The summed E-state index contributed by atoms with van der Waals surface area (Å²) in [6, 6.07) is 67.8. The van der Waals surface area contributed by atoms with Crippen LogP contribution in [0.15, 0.2) is 210 Å². The van der Waals surface area contributed by atoms with Gasteiger partial charge in [0, 0.05) is 39.1 Å². The van der Waals surface area contributed by atoms with Crippen LogP contribution in [0, 0.1) is 0 Å². The van der Waals surface area contributed by atoms with E-state index in [1.165, 1.54) is 15.4 Å². The van der Waals surface area contributed by atoms with E-state index in [1.807, 2.05) is 42.6 Å². The number of fused-ring (bicyclic) bond motifs is 2. The second-order valence-corrected chi connectivity index (χ2v) is 15.3. The third-order valence-corrected chi connectivity index (χ3v) is 11.6. The fourth-order valence-electron chi connectivity index (χ4n) is 7.64. The number of benzene rings is 7. The molecule has 0 N–H and O–H groups in total. The third kappa shape index (κ3) is 7.06. The second kappa shape index (κ2) is 15.8. The minimum Gasteiger partial charge on any atom is -0.293 e. The molecule has 3 heterocycles. The van der Waals surface area contributed by atoms with E-state index in [1.54, 1.807) is 11.8 Å². The summed E-state index contributed by atoms with van der Waals surface area (Å²) in [5.41, 5.74) is 12.1. The number of para-hydroxylation sites is 2. The first-order valence-corrected chi connectivity index (χ1v) is 20.3. The number of aromatic nitrogens is 4. The molecule has 7 aromatic carbocycles. The molecular formula is C52H37N5S. The summed E-state index contributed by atoms with van der Waals surface area (Å²) in [5.74, 6) is 2.95. The summed E-state index contributed by atoms with van der Waals surface area (Å²) in [5, 5.41) is 0. The second-order valence-electron chi connectivity index (χ2n) is 14.2. The molecule has 0 aliphatic carbocycles. The zero-order chi connectivity index (χ0) is 38.7. The van der Waals surface area contributed by atoms with Crippen molar-refractivity contribution in [3.63, 3.8) is 0 Å². The van der Waals surface area contributed by atoms with Gasteiger partial charge in [0.05, 0.1) is 11.4 Å². The molecule has 1 aliphatic heterocycles. The average Bonchev–Trinajstić information content (AvgIpc) is 3.31. The predicted octanol–water partition coefficient (Wildman–Crippen LogP) is 13.3. The van der Waals surface area contributed by atoms with Crippen LogP contribution in [0.4, 0.5) is 17.2 Å². The van der Waals surface area contributed by atoms with Crippen LogP contribution >= 0.6 is 11.8 Å². The van der Waals surface area contributed by atoms with Crippen LogP contribution in [0.2, 0.25) is 0 Å². The molecule has 10 rings (SSSR count). The summed E-state index contributed by atoms with van der Waals surface area (Å²) in [6.07, 6.45) is 3.28. The first-order chi connectivity index (χ1) is 28.7. The molecule has 2 aromatic heterocycles. The third-order valence-electron chi connectivity index (χ3n) is 10.5. The Morgan fingerprint density at radius 1 is 0.397 bits per heavy atom. The summed E-state index contributed by atoms with van der Waals surface area (Å²) in [7, 11) is 0. The van der Waals surface area contributed by atoms with Crippen molar-refractivity contribution in [2.45, 2.75) is 22.6 Å². The average molecular weight is 764 g/mol. The van der Waals surface area contributed by atoms with Crippen LogP contribution in [0.1, 0.15) is 11.4 Å². The van der Waals surface area contributed by atoms with Crippen molar-refractivity contribution in [3.05, 3.63) is 212 Å². The zero-order valence-electron chi connectivity index (χ0n) is 31.6. The summed E-state index contributed by atoms with van der Waals surface area (Å²) < 4.78 is 0. The van der Waals surface area contributed by atoms with Crippen LogP contribution in [-0.4, -0.2) is 19.9 Å². The highest BCUT2D eigenvalue weighted by atomic mass is 32.2. The summed E-state index contributed by atoms with van der Waals surface area (Å²) in [6.45, 7) is 0. The fraction of sp³-hybridized carbons (Fsp3) is 0.0385. The van der Waals surface area contributed by atoms with E-state index in [2.05, 4.69) is 163 Å². The van der Waals surface area contributed by atoms with Crippen molar-refractivity contribution in [1.29, 1.82) is 0 Å². The maximum Gasteiger partial charge on any atom is 0.163 e. The van der Waals surface area contributed by atoms with Crippen LogP contribution in [-0.2, 0) is 12.8 Å². The topological polar surface area (TPSA) is 54.8 Å². The largest absolute Gasteiger partial charge is 0.293 e. The van der Waals surface area contributed by atoms with Crippen LogP contribution in [0.5, 0.6) is 0 Å². The van der Waals surface area contributed by atoms with E-state index in [9.17, 15) is 0 Å². The molecule has 58 heavy (non-hydrogen) atoms. The molecule has 0 fully saturated rings. The Labute approximate surface area is 342 Å². The van der Waals surface area contributed by atoms with Gasteiger partial charge in [0.1, 0.15) is 11.6 Å². The number of hydrogen-bond acceptors (Lipinski definition) is 6. The molecule has 0 atom stereocenters. The zero-order valence-corrected chi connectivity index (χ0v) is 32.4. The molecule has 0 unspecified atom stereocenters. The molecule has 0 radical (unpaired) electrons. The molecule has 6 heteroatoms. The fourth-order valence-corrected chi connectivity index (χ4v) is 8.70. The number of aryl methyl sites for hydroxylation is 2. The Hall–Kier alpha value is -7.15. The molecule has 0 bridgehead atoms. The van der Waals surface area contributed by atoms with Gasteiger partial charge in [0.2, 0.25) is 0 Å². The van der Waals surface area contributed by atoms with E-state index in [4.69, 9.17) is 19.9 Å². The Bertz CT molecular complexity index is 2760. The van der Waals surface area contributed by atoms with Crippen molar-refractivity contribution >= 4 is 29.0 Å². The van der Waals surface area contributed by atoms with E-state index >= 15 is 0 Å². The van der Waals surface area contributed by atoms with Gasteiger partial charge in [0.15, 0.2) is 11.6 Å². The highest BCUT2D eigenvalue weighted by Crippen LogP contribution is 2.51. The molecular weight excluding hydrogens is 727 g/mol. The Kier molecular flexibility index (Phi) is 9.59. The number of hydrogen-bond donors (Lipinski definition) is 0.